The van der Waals surface area contributed by atoms with Crippen LogP contribution >= 0.6 is 0 Å². The van der Waals surface area contributed by atoms with Gasteiger partial charge in [0.1, 0.15) is 23.2 Å². The molecule has 4 heteroatoms. The molecule has 108 valence electrons. The first-order chi connectivity index (χ1) is 9.42. The summed E-state index contributed by atoms with van der Waals surface area (Å²) in [5.74, 6) is 0.623. The first kappa shape index (κ1) is 14.7. The predicted octanol–water partition coefficient (Wildman–Crippen LogP) is 3.99. The van der Waals surface area contributed by atoms with Crippen LogP contribution in [-0.2, 0) is 6.42 Å². The molecule has 1 aromatic heterocycles. The van der Waals surface area contributed by atoms with Crippen molar-refractivity contribution in [2.24, 2.45) is 0 Å². The largest absolute Gasteiger partial charge is 0.466 e. The van der Waals surface area contributed by atoms with Gasteiger partial charge in [0, 0.05) is 17.7 Å². The summed E-state index contributed by atoms with van der Waals surface area (Å²) in [5.41, 5.74) is 2.77. The van der Waals surface area contributed by atoms with Crippen molar-refractivity contribution in [2.45, 2.75) is 33.2 Å². The van der Waals surface area contributed by atoms with Crippen LogP contribution in [-0.4, -0.2) is 7.05 Å². The fourth-order valence-electron chi connectivity index (χ4n) is 2.63. The van der Waals surface area contributed by atoms with Crippen molar-refractivity contribution in [2.75, 3.05) is 7.05 Å². The minimum absolute atomic E-state index is 0.0337. The summed E-state index contributed by atoms with van der Waals surface area (Å²) in [6.07, 6.45) is 0.506. The molecule has 20 heavy (non-hydrogen) atoms. The highest BCUT2D eigenvalue weighted by Crippen LogP contribution is 2.29. The van der Waals surface area contributed by atoms with Gasteiger partial charge in [-0.15, -0.1) is 0 Å². The SMILES string of the molecule is CNC(Cc1cc(F)cc(F)c1)c1c(C)oc(C)c1C. The van der Waals surface area contributed by atoms with Gasteiger partial charge in [0.2, 0.25) is 0 Å². The molecule has 1 N–H and O–H groups in total. The van der Waals surface area contributed by atoms with E-state index >= 15 is 0 Å². The summed E-state index contributed by atoms with van der Waals surface area (Å²) in [6, 6.07) is 3.58. The third-order valence-electron chi connectivity index (χ3n) is 3.68. The van der Waals surface area contributed by atoms with E-state index in [0.29, 0.717) is 12.0 Å². The molecule has 0 bridgehead atoms. The van der Waals surface area contributed by atoms with Crippen molar-refractivity contribution in [3.8, 4) is 0 Å². The molecule has 0 saturated carbocycles. The lowest BCUT2D eigenvalue weighted by Gasteiger charge is -2.17. The molecule has 0 saturated heterocycles. The van der Waals surface area contributed by atoms with Crippen molar-refractivity contribution < 1.29 is 13.2 Å². The highest BCUT2D eigenvalue weighted by Gasteiger charge is 2.20. The number of halogens is 2. The lowest BCUT2D eigenvalue weighted by molar-refractivity contribution is 0.489. The Morgan fingerprint density at radius 2 is 1.65 bits per heavy atom. The van der Waals surface area contributed by atoms with E-state index in [1.54, 1.807) is 0 Å². The van der Waals surface area contributed by atoms with E-state index in [2.05, 4.69) is 5.32 Å². The smallest absolute Gasteiger partial charge is 0.126 e. The van der Waals surface area contributed by atoms with Crippen molar-refractivity contribution in [3.05, 3.63) is 58.0 Å². The summed E-state index contributed by atoms with van der Waals surface area (Å²) < 4.78 is 32.2. The monoisotopic (exact) mass is 279 g/mol. The van der Waals surface area contributed by atoms with E-state index in [1.165, 1.54) is 12.1 Å². The van der Waals surface area contributed by atoms with Crippen molar-refractivity contribution in [1.29, 1.82) is 0 Å². The molecule has 0 radical (unpaired) electrons. The normalized spacial score (nSPS) is 12.7. The Morgan fingerprint density at radius 1 is 1.05 bits per heavy atom. The first-order valence-electron chi connectivity index (χ1n) is 6.61. The van der Waals surface area contributed by atoms with Crippen molar-refractivity contribution in [3.63, 3.8) is 0 Å². The van der Waals surface area contributed by atoms with Crippen LogP contribution in [0.1, 0.15) is 34.3 Å². The second-order valence-electron chi connectivity index (χ2n) is 5.08. The lowest BCUT2D eigenvalue weighted by atomic mass is 9.96. The average molecular weight is 279 g/mol. The molecule has 0 fully saturated rings. The number of likely N-dealkylation sites (N-methyl/N-ethyl adjacent to an activating group) is 1. The van der Waals surface area contributed by atoms with Gasteiger partial charge in [-0.05, 0) is 57.5 Å². The zero-order chi connectivity index (χ0) is 14.9. The van der Waals surface area contributed by atoms with Gasteiger partial charge < -0.3 is 9.73 Å². The van der Waals surface area contributed by atoms with E-state index < -0.39 is 11.6 Å². The Bertz CT molecular complexity index is 599. The Labute approximate surface area is 117 Å². The van der Waals surface area contributed by atoms with E-state index in [1.807, 2.05) is 27.8 Å². The second-order valence-corrected chi connectivity index (χ2v) is 5.08. The fourth-order valence-corrected chi connectivity index (χ4v) is 2.63. The number of hydrogen-bond acceptors (Lipinski definition) is 2. The highest BCUT2D eigenvalue weighted by atomic mass is 19.1. The predicted molar refractivity (Wildman–Crippen MR) is 74.8 cm³/mol. The molecule has 1 aromatic carbocycles. The molecule has 2 rings (SSSR count). The zero-order valence-corrected chi connectivity index (χ0v) is 12.2. The minimum atomic E-state index is -0.549. The molecule has 0 aliphatic heterocycles. The Hall–Kier alpha value is -1.68. The maximum absolute atomic E-state index is 13.3. The van der Waals surface area contributed by atoms with Gasteiger partial charge in [0.15, 0.2) is 0 Å². The van der Waals surface area contributed by atoms with Crippen molar-refractivity contribution in [1.82, 2.24) is 5.32 Å². The van der Waals surface area contributed by atoms with Crippen LogP contribution in [0, 0.1) is 32.4 Å². The summed E-state index contributed by atoms with van der Waals surface area (Å²) >= 11 is 0. The van der Waals surface area contributed by atoms with Gasteiger partial charge in [0.25, 0.3) is 0 Å². The van der Waals surface area contributed by atoms with E-state index in [4.69, 9.17) is 4.42 Å². The van der Waals surface area contributed by atoms with Gasteiger partial charge in [-0.2, -0.15) is 0 Å². The maximum atomic E-state index is 13.3. The van der Waals surface area contributed by atoms with E-state index in [9.17, 15) is 8.78 Å². The van der Waals surface area contributed by atoms with Gasteiger partial charge in [-0.1, -0.05) is 0 Å². The summed E-state index contributed by atoms with van der Waals surface area (Å²) in [5, 5.41) is 3.20. The Balaban J connectivity index is 2.33. The van der Waals surface area contributed by atoms with Gasteiger partial charge in [-0.25, -0.2) is 8.78 Å². The van der Waals surface area contributed by atoms with Gasteiger partial charge >= 0.3 is 0 Å². The molecule has 0 aliphatic carbocycles. The summed E-state index contributed by atoms with van der Waals surface area (Å²) in [7, 11) is 1.83. The van der Waals surface area contributed by atoms with Gasteiger partial charge in [-0.3, -0.25) is 0 Å². The topological polar surface area (TPSA) is 25.2 Å². The van der Waals surface area contributed by atoms with Crippen LogP contribution in [0.2, 0.25) is 0 Å². The molecule has 1 unspecified atom stereocenters. The molecule has 1 atom stereocenters. The van der Waals surface area contributed by atoms with Crippen LogP contribution < -0.4 is 5.32 Å². The number of furan rings is 1. The maximum Gasteiger partial charge on any atom is 0.126 e. The third-order valence-corrected chi connectivity index (χ3v) is 3.68. The molecule has 1 heterocycles. The van der Waals surface area contributed by atoms with Crippen LogP contribution in [0.25, 0.3) is 0 Å². The molecular weight excluding hydrogens is 260 g/mol. The van der Waals surface area contributed by atoms with E-state index in [-0.39, 0.29) is 6.04 Å². The van der Waals surface area contributed by atoms with E-state index in [0.717, 1.165) is 28.7 Å². The number of rotatable bonds is 4. The fraction of sp³-hybridized carbons (Fsp3) is 0.375. The lowest BCUT2D eigenvalue weighted by Crippen LogP contribution is -2.20. The molecule has 0 amide bonds. The quantitative estimate of drug-likeness (QED) is 0.915. The van der Waals surface area contributed by atoms with Crippen LogP contribution in [0.15, 0.2) is 22.6 Å². The zero-order valence-electron chi connectivity index (χ0n) is 12.2. The summed E-state index contributed by atoms with van der Waals surface area (Å²) in [4.78, 5) is 0. The Kier molecular flexibility index (Phi) is 4.23. The van der Waals surface area contributed by atoms with Crippen LogP contribution in [0.3, 0.4) is 0 Å². The second kappa shape index (κ2) is 5.75. The van der Waals surface area contributed by atoms with Crippen molar-refractivity contribution >= 4 is 0 Å². The number of benzene rings is 1. The number of nitrogens with one attached hydrogen (secondary N) is 1. The number of aryl methyl sites for hydroxylation is 2. The standard InChI is InChI=1S/C16H19F2NO/c1-9-10(2)20-11(3)16(9)15(19-4)7-12-5-13(17)8-14(18)6-12/h5-6,8,15,19H,7H2,1-4H3. The van der Waals surface area contributed by atoms with Crippen LogP contribution in [0.4, 0.5) is 8.78 Å². The number of hydrogen-bond donors (Lipinski definition) is 1. The van der Waals surface area contributed by atoms with Gasteiger partial charge in [0.05, 0.1) is 0 Å². The van der Waals surface area contributed by atoms with Crippen LogP contribution in [0.5, 0.6) is 0 Å². The third kappa shape index (κ3) is 2.90. The highest BCUT2D eigenvalue weighted by molar-refractivity contribution is 5.35. The minimum Gasteiger partial charge on any atom is -0.466 e. The molecule has 2 nitrogen and oxygen atoms in total. The molecule has 0 aliphatic rings. The molecular formula is C16H19F2NO. The molecule has 0 spiro atoms. The Morgan fingerprint density at radius 3 is 2.10 bits per heavy atom. The average Bonchev–Trinajstić information content (AvgIpc) is 2.60. The first-order valence-corrected chi connectivity index (χ1v) is 6.61. The summed E-state index contributed by atoms with van der Waals surface area (Å²) in [6.45, 7) is 5.82. The molecule has 2 aromatic rings.